The molecule has 30 heavy (non-hydrogen) atoms. The molecule has 1 aromatic heterocycles. The van der Waals surface area contributed by atoms with Crippen LogP contribution >= 0.6 is 23.4 Å². The molecule has 1 aromatic carbocycles. The van der Waals surface area contributed by atoms with Gasteiger partial charge < -0.3 is 15.6 Å². The lowest BCUT2D eigenvalue weighted by Crippen LogP contribution is -2.19. The number of aromatic nitrogens is 3. The molecule has 12 heteroatoms. The lowest BCUT2D eigenvalue weighted by molar-refractivity contribution is -0.137. The zero-order valence-electron chi connectivity index (χ0n) is 16.3. The zero-order chi connectivity index (χ0) is 22.5. The molecule has 0 unspecified atom stereocenters. The molecular formula is C18H21ClF3N5O2S. The molecule has 0 fully saturated rings. The maximum atomic E-state index is 13.2. The van der Waals surface area contributed by atoms with Crippen LogP contribution in [-0.4, -0.2) is 32.3 Å². The summed E-state index contributed by atoms with van der Waals surface area (Å²) in [5.41, 5.74) is 3.78. The predicted molar refractivity (Wildman–Crippen MR) is 108 cm³/mol. The average molecular weight is 464 g/mol. The summed E-state index contributed by atoms with van der Waals surface area (Å²) < 4.78 is 41.3. The maximum absolute atomic E-state index is 13.2. The first-order valence-electron chi connectivity index (χ1n) is 8.97. The van der Waals surface area contributed by atoms with Crippen LogP contribution in [0.1, 0.15) is 31.7 Å². The van der Waals surface area contributed by atoms with Gasteiger partial charge in [0.25, 0.3) is 0 Å². The molecule has 0 saturated heterocycles. The fourth-order valence-electron chi connectivity index (χ4n) is 2.57. The fraction of sp³-hybridized carbons (Fsp3) is 0.444. The minimum absolute atomic E-state index is 0.0834. The van der Waals surface area contributed by atoms with Gasteiger partial charge in [-0.05, 0) is 24.1 Å². The van der Waals surface area contributed by atoms with E-state index >= 15 is 0 Å². The number of hydrogen-bond acceptors (Lipinski definition) is 5. The third-order valence-electron chi connectivity index (χ3n) is 3.83. The number of halogens is 4. The van der Waals surface area contributed by atoms with Crippen molar-refractivity contribution < 1.29 is 22.8 Å². The Kier molecular flexibility index (Phi) is 8.13. The number of carbonyl (C=O) groups excluding carboxylic acids is 2. The minimum Gasteiger partial charge on any atom is -0.370 e. The van der Waals surface area contributed by atoms with Gasteiger partial charge in [-0.2, -0.15) is 13.2 Å². The first-order valence-corrected chi connectivity index (χ1v) is 10.3. The predicted octanol–water partition coefficient (Wildman–Crippen LogP) is 3.76. The lowest BCUT2D eigenvalue weighted by atomic mass is 10.1. The van der Waals surface area contributed by atoms with Crippen LogP contribution < -0.4 is 11.1 Å². The second-order valence-corrected chi connectivity index (χ2v) is 8.27. The molecule has 0 saturated carbocycles. The molecular weight excluding hydrogens is 443 g/mol. The number of alkyl halides is 3. The van der Waals surface area contributed by atoms with Crippen molar-refractivity contribution in [1.82, 2.24) is 14.8 Å². The molecule has 0 bridgehead atoms. The summed E-state index contributed by atoms with van der Waals surface area (Å²) in [5.74, 6) is -0.476. The highest BCUT2D eigenvalue weighted by molar-refractivity contribution is 7.99. The van der Waals surface area contributed by atoms with Crippen molar-refractivity contribution >= 4 is 40.9 Å². The second-order valence-electron chi connectivity index (χ2n) is 6.89. The first kappa shape index (κ1) is 24.0. The van der Waals surface area contributed by atoms with E-state index in [0.29, 0.717) is 23.9 Å². The standard InChI is InChI=1S/C18H21ClF3N5O2S/c1-10(2)8-27-15(6-5-14(23)28)25-26-17(27)30-9-16(29)24-13-4-3-11(19)7-12(13)18(20,21)22/h3-4,7,10H,5-6,8-9H2,1-2H3,(H2,23,28)(H,24,29). The number of hydrogen-bond donors (Lipinski definition) is 2. The van der Waals surface area contributed by atoms with Gasteiger partial charge in [0.1, 0.15) is 5.82 Å². The van der Waals surface area contributed by atoms with Gasteiger partial charge in [0.15, 0.2) is 5.16 Å². The van der Waals surface area contributed by atoms with Crippen LogP contribution in [0.2, 0.25) is 5.02 Å². The molecule has 1 heterocycles. The van der Waals surface area contributed by atoms with Crippen LogP contribution in [0.3, 0.4) is 0 Å². The highest BCUT2D eigenvalue weighted by Crippen LogP contribution is 2.36. The van der Waals surface area contributed by atoms with E-state index < -0.39 is 23.6 Å². The molecule has 0 radical (unpaired) electrons. The molecule has 0 aliphatic carbocycles. The van der Waals surface area contributed by atoms with Gasteiger partial charge in [0.05, 0.1) is 17.0 Å². The van der Waals surface area contributed by atoms with Gasteiger partial charge >= 0.3 is 6.18 Å². The molecule has 0 atom stereocenters. The van der Waals surface area contributed by atoms with Crippen molar-refractivity contribution in [3.8, 4) is 0 Å². The van der Waals surface area contributed by atoms with Crippen molar-refractivity contribution in [3.63, 3.8) is 0 Å². The maximum Gasteiger partial charge on any atom is 0.418 e. The van der Waals surface area contributed by atoms with Crippen LogP contribution in [0, 0.1) is 5.92 Å². The van der Waals surface area contributed by atoms with Gasteiger partial charge in [0, 0.05) is 24.4 Å². The summed E-state index contributed by atoms with van der Waals surface area (Å²) >= 11 is 6.69. The van der Waals surface area contributed by atoms with Gasteiger partial charge in [-0.15, -0.1) is 10.2 Å². The topological polar surface area (TPSA) is 103 Å². The lowest BCUT2D eigenvalue weighted by Gasteiger charge is -2.14. The van der Waals surface area contributed by atoms with Crippen molar-refractivity contribution in [2.45, 2.75) is 44.6 Å². The number of benzene rings is 1. The minimum atomic E-state index is -4.66. The summed E-state index contributed by atoms with van der Waals surface area (Å²) in [6.45, 7) is 4.52. The molecule has 2 amide bonds. The molecule has 0 aliphatic rings. The van der Waals surface area contributed by atoms with Crippen LogP contribution in [0.5, 0.6) is 0 Å². The Labute approximate surface area is 180 Å². The van der Waals surface area contributed by atoms with Crippen LogP contribution in [0.25, 0.3) is 0 Å². The Bertz CT molecular complexity index is 918. The average Bonchev–Trinajstić information content (AvgIpc) is 3.00. The summed E-state index contributed by atoms with van der Waals surface area (Å²) in [5, 5.41) is 10.7. The monoisotopic (exact) mass is 463 g/mol. The Morgan fingerprint density at radius 3 is 2.60 bits per heavy atom. The molecule has 7 nitrogen and oxygen atoms in total. The number of nitrogens with zero attached hydrogens (tertiary/aromatic N) is 3. The number of carbonyl (C=O) groups is 2. The van der Waals surface area contributed by atoms with Crippen LogP contribution in [0.15, 0.2) is 23.4 Å². The van der Waals surface area contributed by atoms with E-state index in [0.717, 1.165) is 23.9 Å². The second kappa shape index (κ2) is 10.2. The quantitative estimate of drug-likeness (QED) is 0.551. The Balaban J connectivity index is 2.10. The first-order chi connectivity index (χ1) is 14.0. The summed E-state index contributed by atoms with van der Waals surface area (Å²) in [6, 6.07) is 3.13. The van der Waals surface area contributed by atoms with E-state index in [4.69, 9.17) is 17.3 Å². The molecule has 0 spiro atoms. The van der Waals surface area contributed by atoms with Gasteiger partial charge in [0.2, 0.25) is 11.8 Å². The molecule has 164 valence electrons. The van der Waals surface area contributed by atoms with E-state index in [1.165, 1.54) is 6.07 Å². The van der Waals surface area contributed by atoms with E-state index in [1.54, 1.807) is 4.57 Å². The zero-order valence-corrected chi connectivity index (χ0v) is 17.9. The molecule has 3 N–H and O–H groups in total. The van der Waals surface area contributed by atoms with Crippen molar-refractivity contribution in [2.24, 2.45) is 11.7 Å². The summed E-state index contributed by atoms with van der Waals surface area (Å²) in [7, 11) is 0. The van der Waals surface area contributed by atoms with Gasteiger partial charge in [-0.25, -0.2) is 0 Å². The number of nitrogens with one attached hydrogen (secondary N) is 1. The van der Waals surface area contributed by atoms with E-state index in [-0.39, 0.29) is 28.8 Å². The normalized spacial score (nSPS) is 11.7. The molecule has 2 rings (SSSR count). The van der Waals surface area contributed by atoms with Crippen molar-refractivity contribution in [2.75, 3.05) is 11.1 Å². The smallest absolute Gasteiger partial charge is 0.370 e. The number of nitrogens with two attached hydrogens (primary N) is 1. The number of thioether (sulfide) groups is 1. The summed E-state index contributed by atoms with van der Waals surface area (Å²) in [4.78, 5) is 23.3. The number of amides is 2. The Morgan fingerprint density at radius 1 is 1.30 bits per heavy atom. The van der Waals surface area contributed by atoms with Gasteiger partial charge in [-0.1, -0.05) is 37.2 Å². The Hall–Kier alpha value is -2.27. The molecule has 2 aromatic rings. The van der Waals surface area contributed by atoms with Gasteiger partial charge in [-0.3, -0.25) is 9.59 Å². The van der Waals surface area contributed by atoms with E-state index in [9.17, 15) is 22.8 Å². The number of rotatable bonds is 9. The SMILES string of the molecule is CC(C)Cn1c(CCC(N)=O)nnc1SCC(=O)Nc1ccc(Cl)cc1C(F)(F)F. The number of primary amides is 1. The van der Waals surface area contributed by atoms with E-state index in [1.807, 2.05) is 13.8 Å². The number of anilines is 1. The van der Waals surface area contributed by atoms with E-state index in [2.05, 4.69) is 15.5 Å². The fourth-order valence-corrected chi connectivity index (χ4v) is 3.51. The largest absolute Gasteiger partial charge is 0.418 e. The van der Waals surface area contributed by atoms with Crippen LogP contribution in [0.4, 0.5) is 18.9 Å². The third-order valence-corrected chi connectivity index (χ3v) is 5.03. The molecule has 0 aliphatic heterocycles. The highest BCUT2D eigenvalue weighted by Gasteiger charge is 2.34. The van der Waals surface area contributed by atoms with Crippen molar-refractivity contribution in [3.05, 3.63) is 34.6 Å². The summed E-state index contributed by atoms with van der Waals surface area (Å²) in [6.07, 6.45) is -4.24. The number of aryl methyl sites for hydroxylation is 1. The highest BCUT2D eigenvalue weighted by atomic mass is 35.5. The third kappa shape index (κ3) is 6.91. The Morgan fingerprint density at radius 2 is 2.00 bits per heavy atom. The van der Waals surface area contributed by atoms with Crippen molar-refractivity contribution in [1.29, 1.82) is 0 Å². The van der Waals surface area contributed by atoms with Crippen LogP contribution in [-0.2, 0) is 28.7 Å².